The number of thioether (sulfide) groups is 1. The van der Waals surface area contributed by atoms with E-state index in [1.165, 1.54) is 11.8 Å². The number of rotatable bonds is 6. The van der Waals surface area contributed by atoms with Gasteiger partial charge in [0.25, 0.3) is 5.91 Å². The molecular weight excluding hydrogens is 396 g/mol. The Bertz CT molecular complexity index is 954. The molecule has 0 N–H and O–H groups in total. The monoisotopic (exact) mass is 414 g/mol. The van der Waals surface area contributed by atoms with E-state index >= 15 is 0 Å². The largest absolute Gasteiger partial charge is 0.497 e. The van der Waals surface area contributed by atoms with Gasteiger partial charge in [-0.1, -0.05) is 48.1 Å². The molecule has 7 heteroatoms. The van der Waals surface area contributed by atoms with Crippen LogP contribution in [0, 0.1) is 0 Å². The van der Waals surface area contributed by atoms with Gasteiger partial charge in [0, 0.05) is 16.9 Å². The number of anilines is 1. The third-order valence-electron chi connectivity index (χ3n) is 3.92. The molecule has 0 bridgehead atoms. The van der Waals surface area contributed by atoms with Gasteiger partial charge in [0.1, 0.15) is 17.2 Å². The molecule has 0 saturated heterocycles. The van der Waals surface area contributed by atoms with Crippen LogP contribution < -0.4 is 14.4 Å². The van der Waals surface area contributed by atoms with Gasteiger partial charge >= 0.3 is 0 Å². The maximum atomic E-state index is 13.1. The number of carbonyl (C=O) groups is 1. The maximum Gasteiger partial charge on any atom is 0.283 e. The van der Waals surface area contributed by atoms with Crippen molar-refractivity contribution in [1.82, 2.24) is 0 Å². The molecule has 0 atom stereocenters. The van der Waals surface area contributed by atoms with E-state index in [9.17, 15) is 4.79 Å². The van der Waals surface area contributed by atoms with Gasteiger partial charge in [0.05, 0.1) is 19.9 Å². The molecule has 3 rings (SSSR count). The van der Waals surface area contributed by atoms with Crippen LogP contribution in [0.3, 0.4) is 0 Å². The van der Waals surface area contributed by atoms with Gasteiger partial charge in [-0.25, -0.2) is 4.99 Å². The van der Waals surface area contributed by atoms with Crippen molar-refractivity contribution >= 4 is 46.2 Å². The topological polar surface area (TPSA) is 51.1 Å². The summed E-state index contributed by atoms with van der Waals surface area (Å²) < 4.78 is 10.5. The Labute approximate surface area is 173 Å². The first-order chi connectivity index (χ1) is 13.5. The molecule has 1 aliphatic rings. The smallest absolute Gasteiger partial charge is 0.283 e. The van der Waals surface area contributed by atoms with Crippen LogP contribution >= 0.6 is 23.4 Å². The first-order valence-electron chi connectivity index (χ1n) is 8.41. The quantitative estimate of drug-likeness (QED) is 0.628. The van der Waals surface area contributed by atoms with Crippen LogP contribution in [0.5, 0.6) is 11.5 Å². The summed E-state index contributed by atoms with van der Waals surface area (Å²) in [5.41, 5.74) is 1.87. The van der Waals surface area contributed by atoms with E-state index in [2.05, 4.69) is 11.6 Å². The van der Waals surface area contributed by atoms with E-state index in [0.29, 0.717) is 33.1 Å². The fourth-order valence-corrected chi connectivity index (χ4v) is 3.50. The van der Waals surface area contributed by atoms with Crippen molar-refractivity contribution in [3.63, 3.8) is 0 Å². The normalized spacial score (nSPS) is 15.0. The molecule has 0 spiro atoms. The van der Waals surface area contributed by atoms with E-state index in [1.54, 1.807) is 31.3 Å². The number of hydrogen-bond donors (Lipinski definition) is 0. The molecular formula is C21H19ClN2O3S. The number of amides is 1. The third-order valence-corrected chi connectivity index (χ3v) is 5.24. The number of halogens is 1. The highest BCUT2D eigenvalue weighted by Crippen LogP contribution is 2.32. The molecule has 1 heterocycles. The fourth-order valence-electron chi connectivity index (χ4n) is 2.57. The highest BCUT2D eigenvalue weighted by atomic mass is 35.5. The molecule has 0 saturated carbocycles. The summed E-state index contributed by atoms with van der Waals surface area (Å²) in [6.45, 7) is 3.70. The Balaban J connectivity index is 1.96. The number of hydrogen-bond acceptors (Lipinski definition) is 5. The number of aliphatic imine (C=N–C) groups is 1. The summed E-state index contributed by atoms with van der Waals surface area (Å²) in [5, 5.41) is 1.03. The predicted octanol–water partition coefficient (Wildman–Crippen LogP) is 4.93. The molecule has 0 unspecified atom stereocenters. The van der Waals surface area contributed by atoms with Crippen LogP contribution in [0.15, 0.2) is 70.8 Å². The average molecular weight is 415 g/mol. The standard InChI is InChI=1S/C21H19ClN2O3S/c1-14(22)13-28-21-23-19(11-15-7-9-17(26-2)10-8-15)20(25)24(21)16-5-4-6-18(12-16)27-3/h4-12H,1,13H2,2-3H3/b19-11-. The molecule has 2 aromatic carbocycles. The predicted molar refractivity (Wildman–Crippen MR) is 116 cm³/mol. The van der Waals surface area contributed by atoms with Crippen molar-refractivity contribution in [3.8, 4) is 11.5 Å². The van der Waals surface area contributed by atoms with Crippen LogP contribution in [0.1, 0.15) is 5.56 Å². The van der Waals surface area contributed by atoms with Crippen LogP contribution in [-0.4, -0.2) is 31.0 Å². The zero-order chi connectivity index (χ0) is 20.1. The molecule has 0 fully saturated rings. The summed E-state index contributed by atoms with van der Waals surface area (Å²) in [6, 6.07) is 14.7. The van der Waals surface area contributed by atoms with E-state index in [-0.39, 0.29) is 5.91 Å². The number of benzene rings is 2. The van der Waals surface area contributed by atoms with Crippen LogP contribution in [0.25, 0.3) is 6.08 Å². The first kappa shape index (κ1) is 20.0. The molecule has 0 aliphatic carbocycles. The van der Waals surface area contributed by atoms with Gasteiger partial charge in [-0.3, -0.25) is 9.69 Å². The summed E-state index contributed by atoms with van der Waals surface area (Å²) >= 11 is 7.26. The SMILES string of the molecule is C=C(Cl)CSC1=N/C(=C\c2ccc(OC)cc2)C(=O)N1c1cccc(OC)c1. The highest BCUT2D eigenvalue weighted by molar-refractivity contribution is 8.14. The summed E-state index contributed by atoms with van der Waals surface area (Å²) in [5.74, 6) is 1.64. The second kappa shape index (κ2) is 8.99. The van der Waals surface area contributed by atoms with Crippen molar-refractivity contribution in [2.75, 3.05) is 24.9 Å². The number of methoxy groups -OCH3 is 2. The van der Waals surface area contributed by atoms with Crippen LogP contribution in [-0.2, 0) is 4.79 Å². The van der Waals surface area contributed by atoms with Gasteiger partial charge in [-0.15, -0.1) is 0 Å². The van der Waals surface area contributed by atoms with Crippen molar-refractivity contribution in [1.29, 1.82) is 0 Å². The molecule has 5 nitrogen and oxygen atoms in total. The van der Waals surface area contributed by atoms with E-state index in [1.807, 2.05) is 42.5 Å². The summed E-state index contributed by atoms with van der Waals surface area (Å²) in [7, 11) is 3.19. The van der Waals surface area contributed by atoms with Crippen LogP contribution in [0.4, 0.5) is 5.69 Å². The lowest BCUT2D eigenvalue weighted by atomic mass is 10.2. The van der Waals surface area contributed by atoms with Crippen molar-refractivity contribution in [2.24, 2.45) is 4.99 Å². The summed E-state index contributed by atoms with van der Waals surface area (Å²) in [6.07, 6.45) is 1.75. The second-order valence-corrected chi connectivity index (χ2v) is 7.32. The third kappa shape index (κ3) is 4.58. The molecule has 28 heavy (non-hydrogen) atoms. The Kier molecular flexibility index (Phi) is 6.44. The van der Waals surface area contributed by atoms with E-state index < -0.39 is 0 Å². The van der Waals surface area contributed by atoms with Crippen molar-refractivity contribution < 1.29 is 14.3 Å². The molecule has 0 radical (unpaired) electrons. The minimum atomic E-state index is -0.216. The number of nitrogens with zero attached hydrogens (tertiary/aromatic N) is 2. The number of ether oxygens (including phenoxy) is 2. The zero-order valence-corrected chi connectivity index (χ0v) is 17.1. The van der Waals surface area contributed by atoms with Gasteiger partial charge in [0.15, 0.2) is 5.17 Å². The van der Waals surface area contributed by atoms with Gasteiger partial charge in [0.2, 0.25) is 0 Å². The molecule has 2 aromatic rings. The first-order valence-corrected chi connectivity index (χ1v) is 9.77. The zero-order valence-electron chi connectivity index (χ0n) is 15.5. The number of carbonyl (C=O) groups excluding carboxylic acids is 1. The fraction of sp³-hybridized carbons (Fsp3) is 0.143. The van der Waals surface area contributed by atoms with E-state index in [4.69, 9.17) is 21.1 Å². The Morgan fingerprint density at radius 1 is 1.18 bits per heavy atom. The van der Waals surface area contributed by atoms with Crippen molar-refractivity contribution in [3.05, 3.63) is 71.4 Å². The number of amidine groups is 1. The van der Waals surface area contributed by atoms with Crippen molar-refractivity contribution in [2.45, 2.75) is 0 Å². The highest BCUT2D eigenvalue weighted by Gasteiger charge is 2.32. The lowest BCUT2D eigenvalue weighted by Gasteiger charge is -2.18. The maximum absolute atomic E-state index is 13.1. The molecule has 144 valence electrons. The summed E-state index contributed by atoms with van der Waals surface area (Å²) in [4.78, 5) is 19.2. The van der Waals surface area contributed by atoms with E-state index in [0.717, 1.165) is 11.3 Å². The Hall–Kier alpha value is -2.70. The Morgan fingerprint density at radius 2 is 1.89 bits per heavy atom. The molecule has 0 aromatic heterocycles. The second-order valence-electron chi connectivity index (χ2n) is 5.85. The lowest BCUT2D eigenvalue weighted by molar-refractivity contribution is -0.113. The Morgan fingerprint density at radius 3 is 2.54 bits per heavy atom. The van der Waals surface area contributed by atoms with Gasteiger partial charge < -0.3 is 9.47 Å². The van der Waals surface area contributed by atoms with Gasteiger partial charge in [-0.2, -0.15) is 0 Å². The molecule has 1 amide bonds. The van der Waals surface area contributed by atoms with Crippen LogP contribution in [0.2, 0.25) is 0 Å². The lowest BCUT2D eigenvalue weighted by Crippen LogP contribution is -2.30. The minimum absolute atomic E-state index is 0.216. The molecule has 1 aliphatic heterocycles. The minimum Gasteiger partial charge on any atom is -0.497 e. The average Bonchev–Trinajstić information content (AvgIpc) is 3.02. The van der Waals surface area contributed by atoms with Gasteiger partial charge in [-0.05, 0) is 35.9 Å².